The van der Waals surface area contributed by atoms with Crippen molar-refractivity contribution in [2.45, 2.75) is 53.7 Å². The first kappa shape index (κ1) is 35.3. The first-order valence-corrected chi connectivity index (χ1v) is 14.7. The van der Waals surface area contributed by atoms with Crippen molar-refractivity contribution in [3.8, 4) is 0 Å². The highest BCUT2D eigenvalue weighted by molar-refractivity contribution is 6.31. The molecule has 3 rings (SSSR count). The summed E-state index contributed by atoms with van der Waals surface area (Å²) in [7, 11) is 0. The number of H-pyrrole nitrogens is 1. The second-order valence-electron chi connectivity index (χ2n) is 8.56. The van der Waals surface area contributed by atoms with Gasteiger partial charge in [0.05, 0.1) is 12.3 Å². The Morgan fingerprint density at radius 2 is 1.36 bits per heavy atom. The fourth-order valence-electron chi connectivity index (χ4n) is 3.94. The molecule has 42 heavy (non-hydrogen) atoms. The van der Waals surface area contributed by atoms with Crippen LogP contribution < -0.4 is 5.32 Å². The van der Waals surface area contributed by atoms with Gasteiger partial charge in [0.2, 0.25) is 0 Å². The number of ether oxygens (including phenoxy) is 5. The van der Waals surface area contributed by atoms with E-state index >= 15 is 0 Å². The molecular formula is C31H40Cl2N2O7. The van der Waals surface area contributed by atoms with E-state index in [1.54, 1.807) is 37.4 Å². The van der Waals surface area contributed by atoms with E-state index in [0.717, 1.165) is 17.4 Å². The van der Waals surface area contributed by atoms with Gasteiger partial charge in [0, 0.05) is 65.9 Å². The van der Waals surface area contributed by atoms with Crippen LogP contribution in [0.2, 0.25) is 10.0 Å². The number of hydrogen-bond acceptors (Lipinski definition) is 8. The molecule has 3 aromatic rings. The van der Waals surface area contributed by atoms with Crippen LogP contribution in [-0.2, 0) is 30.2 Å². The topological polar surface area (TPSA) is 108 Å². The Bertz CT molecular complexity index is 1240. The van der Waals surface area contributed by atoms with Crippen LogP contribution in [0, 0.1) is 0 Å². The molecule has 11 heteroatoms. The van der Waals surface area contributed by atoms with Crippen LogP contribution in [0.1, 0.15) is 84.7 Å². The number of aromatic amines is 1. The average Bonchev–Trinajstić information content (AvgIpc) is 3.46. The molecule has 1 heterocycles. The van der Waals surface area contributed by atoms with Crippen LogP contribution in [0.25, 0.3) is 0 Å². The highest BCUT2D eigenvalue weighted by Gasteiger charge is 2.19. The first-order valence-electron chi connectivity index (χ1n) is 13.9. The summed E-state index contributed by atoms with van der Waals surface area (Å²) in [6.07, 6.45) is 1.45. The molecule has 2 N–H and O–H groups in total. The standard InChI is InChI=1S/C19H25ClN2O4.C12H15ClO3/c1-4-24-18(23)17-16(9-10-21-17)22-12-13-7-8-14(20)11-15(13)19(25-5-2)26-6-3;1-3-15-12(16-4-2)11-7-10(13)6-5-9(11)8-14/h7-11,19,21-22H,4-6,12H2,1-3H3;5-8,12H,3-4H2,1-2H3. The van der Waals surface area contributed by atoms with E-state index in [4.69, 9.17) is 46.9 Å². The fourth-order valence-corrected chi connectivity index (χ4v) is 4.30. The molecule has 0 bridgehead atoms. The number of halogens is 2. The molecule has 0 spiro atoms. The molecule has 230 valence electrons. The predicted molar refractivity (Wildman–Crippen MR) is 164 cm³/mol. The third-order valence-electron chi connectivity index (χ3n) is 5.76. The minimum Gasteiger partial charge on any atom is -0.461 e. The number of anilines is 1. The number of esters is 1. The Morgan fingerprint density at radius 3 is 1.90 bits per heavy atom. The van der Waals surface area contributed by atoms with Gasteiger partial charge < -0.3 is 34.0 Å². The quantitative estimate of drug-likeness (QED) is 0.0948. The number of nitrogens with one attached hydrogen (secondary N) is 2. The van der Waals surface area contributed by atoms with Gasteiger partial charge in [0.15, 0.2) is 18.9 Å². The fraction of sp³-hybridized carbons (Fsp3) is 0.419. The van der Waals surface area contributed by atoms with Gasteiger partial charge in [-0.15, -0.1) is 0 Å². The molecule has 2 aromatic carbocycles. The molecule has 0 aliphatic heterocycles. The smallest absolute Gasteiger partial charge is 0.356 e. The Hall–Kier alpha value is -2.92. The van der Waals surface area contributed by atoms with Crippen molar-refractivity contribution in [1.29, 1.82) is 0 Å². The van der Waals surface area contributed by atoms with Crippen molar-refractivity contribution < 1.29 is 33.3 Å². The number of hydrogen-bond donors (Lipinski definition) is 2. The molecular weight excluding hydrogens is 583 g/mol. The first-order chi connectivity index (χ1) is 20.3. The maximum Gasteiger partial charge on any atom is 0.356 e. The van der Waals surface area contributed by atoms with Gasteiger partial charge in [-0.05, 0) is 76.6 Å². The molecule has 0 fully saturated rings. The lowest BCUT2D eigenvalue weighted by Gasteiger charge is -2.21. The molecule has 0 aliphatic carbocycles. The van der Waals surface area contributed by atoms with Gasteiger partial charge in [-0.3, -0.25) is 4.79 Å². The summed E-state index contributed by atoms with van der Waals surface area (Å²) in [5.74, 6) is -0.391. The second-order valence-corrected chi connectivity index (χ2v) is 9.43. The van der Waals surface area contributed by atoms with E-state index < -0.39 is 18.5 Å². The molecule has 0 amide bonds. The van der Waals surface area contributed by atoms with E-state index in [1.165, 1.54) is 0 Å². The highest BCUT2D eigenvalue weighted by Crippen LogP contribution is 2.28. The van der Waals surface area contributed by atoms with Crippen LogP contribution in [0.5, 0.6) is 0 Å². The molecule has 0 atom stereocenters. The monoisotopic (exact) mass is 622 g/mol. The van der Waals surface area contributed by atoms with Crippen molar-refractivity contribution in [1.82, 2.24) is 4.98 Å². The summed E-state index contributed by atoms with van der Waals surface area (Å²) in [6, 6.07) is 12.4. The lowest BCUT2D eigenvalue weighted by Crippen LogP contribution is -2.14. The summed E-state index contributed by atoms with van der Waals surface area (Å²) < 4.78 is 27.3. The van der Waals surface area contributed by atoms with Crippen LogP contribution in [0.3, 0.4) is 0 Å². The lowest BCUT2D eigenvalue weighted by molar-refractivity contribution is -0.140. The van der Waals surface area contributed by atoms with Crippen molar-refractivity contribution in [2.24, 2.45) is 0 Å². The third kappa shape index (κ3) is 10.7. The zero-order valence-corrected chi connectivity index (χ0v) is 26.2. The van der Waals surface area contributed by atoms with Gasteiger partial charge in [-0.1, -0.05) is 29.3 Å². The summed E-state index contributed by atoms with van der Waals surface area (Å²) in [4.78, 5) is 25.8. The van der Waals surface area contributed by atoms with Gasteiger partial charge >= 0.3 is 5.97 Å². The van der Waals surface area contributed by atoms with Crippen LogP contribution >= 0.6 is 23.2 Å². The van der Waals surface area contributed by atoms with E-state index in [9.17, 15) is 9.59 Å². The number of rotatable bonds is 16. The van der Waals surface area contributed by atoms with Crippen molar-refractivity contribution >= 4 is 41.1 Å². The minimum atomic E-state index is -0.533. The molecule has 9 nitrogen and oxygen atoms in total. The lowest BCUT2D eigenvalue weighted by atomic mass is 10.1. The van der Waals surface area contributed by atoms with E-state index in [-0.39, 0.29) is 0 Å². The van der Waals surface area contributed by atoms with Crippen molar-refractivity contribution in [3.63, 3.8) is 0 Å². The summed E-state index contributed by atoms with van der Waals surface area (Å²) in [6.45, 7) is 12.2. The second kappa shape index (κ2) is 19.3. The molecule has 1 aromatic heterocycles. The molecule has 0 aliphatic rings. The van der Waals surface area contributed by atoms with Gasteiger partial charge in [-0.2, -0.15) is 0 Å². The highest BCUT2D eigenvalue weighted by atomic mass is 35.5. The molecule has 0 saturated heterocycles. The zero-order valence-electron chi connectivity index (χ0n) is 24.7. The van der Waals surface area contributed by atoms with Gasteiger partial charge in [-0.25, -0.2) is 4.79 Å². The van der Waals surface area contributed by atoms with Crippen LogP contribution in [0.4, 0.5) is 5.69 Å². The summed E-state index contributed by atoms with van der Waals surface area (Å²) in [5.41, 5.74) is 4.11. The Balaban J connectivity index is 0.000000330. The van der Waals surface area contributed by atoms with Gasteiger partial charge in [0.1, 0.15) is 5.69 Å². The van der Waals surface area contributed by atoms with Crippen LogP contribution in [-0.4, -0.2) is 50.3 Å². The Kier molecular flexibility index (Phi) is 16.2. The maximum absolute atomic E-state index is 12.0. The summed E-state index contributed by atoms with van der Waals surface area (Å²) in [5, 5.41) is 4.43. The van der Waals surface area contributed by atoms with Gasteiger partial charge in [0.25, 0.3) is 0 Å². The number of carbonyl (C=O) groups is 2. The Morgan fingerprint density at radius 1 is 0.810 bits per heavy atom. The minimum absolute atomic E-state index is 0.322. The van der Waals surface area contributed by atoms with E-state index in [1.807, 2.05) is 45.9 Å². The third-order valence-corrected chi connectivity index (χ3v) is 6.23. The average molecular weight is 624 g/mol. The number of aromatic nitrogens is 1. The van der Waals surface area contributed by atoms with Crippen LogP contribution in [0.15, 0.2) is 48.7 Å². The molecule has 0 radical (unpaired) electrons. The zero-order chi connectivity index (χ0) is 30.9. The number of carbonyl (C=O) groups excluding carboxylic acids is 2. The van der Waals surface area contributed by atoms with Crippen molar-refractivity contribution in [2.75, 3.05) is 38.4 Å². The maximum atomic E-state index is 12.0. The number of aldehydes is 1. The summed E-state index contributed by atoms with van der Waals surface area (Å²) >= 11 is 12.1. The van der Waals surface area contributed by atoms with Crippen molar-refractivity contribution in [3.05, 3.63) is 86.7 Å². The predicted octanol–water partition coefficient (Wildman–Crippen LogP) is 7.75. The largest absolute Gasteiger partial charge is 0.461 e. The van der Waals surface area contributed by atoms with E-state index in [0.29, 0.717) is 72.1 Å². The molecule has 0 saturated carbocycles. The number of benzene rings is 2. The van der Waals surface area contributed by atoms with E-state index in [2.05, 4.69) is 10.3 Å². The molecule has 0 unspecified atom stereocenters. The normalized spacial score (nSPS) is 10.9. The SMILES string of the molecule is CCOC(=O)c1[nH]ccc1NCc1ccc(Cl)cc1C(OCC)OCC.CCOC(OCC)c1cc(Cl)ccc1C=O. The Labute approximate surface area is 257 Å².